The first-order chi connectivity index (χ1) is 7.77. The van der Waals surface area contributed by atoms with E-state index in [9.17, 15) is 0 Å². The first kappa shape index (κ1) is 13.3. The molecule has 1 aliphatic heterocycles. The third-order valence-corrected chi connectivity index (χ3v) is 3.20. The van der Waals surface area contributed by atoms with E-state index in [0.29, 0.717) is 0 Å². The molecule has 0 aromatic rings. The highest BCUT2D eigenvalue weighted by atomic mass is 15.2. The predicted octanol–water partition coefficient (Wildman–Crippen LogP) is 2.28. The summed E-state index contributed by atoms with van der Waals surface area (Å²) in [4.78, 5) is 5.29. The van der Waals surface area contributed by atoms with Gasteiger partial charge in [0.2, 0.25) is 0 Å². The van der Waals surface area contributed by atoms with Crippen LogP contribution in [-0.4, -0.2) is 36.6 Å². The van der Waals surface area contributed by atoms with Crippen molar-refractivity contribution in [1.82, 2.24) is 4.90 Å². The van der Waals surface area contributed by atoms with Crippen LogP contribution in [0.15, 0.2) is 5.11 Å². The highest BCUT2D eigenvalue weighted by Crippen LogP contribution is 2.12. The molecule has 0 saturated carbocycles. The Bertz CT molecular complexity index is 231. The molecule has 0 unspecified atom stereocenters. The van der Waals surface area contributed by atoms with Crippen molar-refractivity contribution < 1.29 is 0 Å². The number of piperidine rings is 1. The van der Waals surface area contributed by atoms with Gasteiger partial charge in [-0.25, -0.2) is 0 Å². The van der Waals surface area contributed by atoms with Gasteiger partial charge in [-0.1, -0.05) is 24.9 Å². The summed E-state index contributed by atoms with van der Waals surface area (Å²) in [6.45, 7) is 5.24. The quantitative estimate of drug-likeness (QED) is 0.427. The molecule has 0 amide bonds. The maximum Gasteiger partial charge on any atom is 0.0537 e. The van der Waals surface area contributed by atoms with E-state index in [4.69, 9.17) is 11.3 Å². The summed E-state index contributed by atoms with van der Waals surface area (Å²) in [5.74, 6) is 0. The van der Waals surface area contributed by atoms with Crippen LogP contribution in [0.5, 0.6) is 0 Å². The molecule has 0 radical (unpaired) electrons. The van der Waals surface area contributed by atoms with Crippen molar-refractivity contribution in [1.29, 1.82) is 0 Å². The maximum absolute atomic E-state index is 8.51. The summed E-state index contributed by atoms with van der Waals surface area (Å²) in [6, 6.07) is -0.0640. The van der Waals surface area contributed by atoms with Gasteiger partial charge in [-0.15, -0.1) is 0 Å². The fourth-order valence-corrected chi connectivity index (χ4v) is 2.28. The standard InChI is InChI=1S/C11H23N5/c1-2-6-11(14-15-13)10(12)9-16-7-4-3-5-8-16/h10-11H,2-9,12H2,1H3/t10-,11+/m1/s1. The molecule has 1 aliphatic rings. The molecule has 5 nitrogen and oxygen atoms in total. The molecular formula is C11H23N5. The van der Waals surface area contributed by atoms with E-state index in [2.05, 4.69) is 21.8 Å². The van der Waals surface area contributed by atoms with Gasteiger partial charge in [0, 0.05) is 17.5 Å². The van der Waals surface area contributed by atoms with Crippen LogP contribution in [0.4, 0.5) is 0 Å². The third kappa shape index (κ3) is 4.39. The van der Waals surface area contributed by atoms with Gasteiger partial charge in [0.15, 0.2) is 0 Å². The second-order valence-corrected chi connectivity index (χ2v) is 4.59. The highest BCUT2D eigenvalue weighted by Gasteiger charge is 2.19. The van der Waals surface area contributed by atoms with Gasteiger partial charge in [0.1, 0.15) is 0 Å². The third-order valence-electron chi connectivity index (χ3n) is 3.20. The number of nitrogens with zero attached hydrogens (tertiary/aromatic N) is 4. The molecule has 92 valence electrons. The highest BCUT2D eigenvalue weighted by molar-refractivity contribution is 4.83. The first-order valence-electron chi connectivity index (χ1n) is 6.30. The van der Waals surface area contributed by atoms with Crippen molar-refractivity contribution >= 4 is 0 Å². The zero-order valence-corrected chi connectivity index (χ0v) is 10.2. The summed E-state index contributed by atoms with van der Waals surface area (Å²) >= 11 is 0. The first-order valence-corrected chi connectivity index (χ1v) is 6.30. The average molecular weight is 225 g/mol. The van der Waals surface area contributed by atoms with E-state index in [1.54, 1.807) is 0 Å². The van der Waals surface area contributed by atoms with Crippen LogP contribution >= 0.6 is 0 Å². The SMILES string of the molecule is CCC[C@H](N=[N+]=[N-])[C@H](N)CN1CCCCC1. The van der Waals surface area contributed by atoms with Gasteiger partial charge >= 0.3 is 0 Å². The summed E-state index contributed by atoms with van der Waals surface area (Å²) in [5.41, 5.74) is 14.6. The maximum atomic E-state index is 8.51. The normalized spacial score (nSPS) is 21.1. The topological polar surface area (TPSA) is 78.0 Å². The second-order valence-electron chi connectivity index (χ2n) is 4.59. The Balaban J connectivity index is 2.40. The zero-order valence-electron chi connectivity index (χ0n) is 10.2. The molecule has 0 aromatic heterocycles. The number of azide groups is 1. The number of hydrogen-bond donors (Lipinski definition) is 1. The van der Waals surface area contributed by atoms with Crippen LogP contribution in [0.2, 0.25) is 0 Å². The van der Waals surface area contributed by atoms with Crippen molar-refractivity contribution in [2.45, 2.75) is 51.1 Å². The van der Waals surface area contributed by atoms with Gasteiger partial charge in [-0.2, -0.15) is 0 Å². The Hall–Kier alpha value is -0.770. The van der Waals surface area contributed by atoms with Gasteiger partial charge in [-0.05, 0) is 37.9 Å². The van der Waals surface area contributed by atoms with E-state index in [-0.39, 0.29) is 12.1 Å². The lowest BCUT2D eigenvalue weighted by atomic mass is 10.0. The van der Waals surface area contributed by atoms with Crippen LogP contribution in [0.25, 0.3) is 10.4 Å². The van der Waals surface area contributed by atoms with Crippen molar-refractivity contribution in [3.63, 3.8) is 0 Å². The van der Waals surface area contributed by atoms with E-state index in [1.807, 2.05) is 0 Å². The Morgan fingerprint density at radius 1 is 1.38 bits per heavy atom. The molecule has 0 bridgehead atoms. The van der Waals surface area contributed by atoms with E-state index in [0.717, 1.165) is 32.5 Å². The smallest absolute Gasteiger partial charge is 0.0537 e. The number of likely N-dealkylation sites (tertiary alicyclic amines) is 1. The summed E-state index contributed by atoms with van der Waals surface area (Å²) in [7, 11) is 0. The summed E-state index contributed by atoms with van der Waals surface area (Å²) in [6.07, 6.45) is 5.77. The molecule has 0 aromatic carbocycles. The van der Waals surface area contributed by atoms with Crippen LogP contribution in [-0.2, 0) is 0 Å². The molecule has 1 fully saturated rings. The number of nitrogens with two attached hydrogens (primary N) is 1. The molecule has 5 heteroatoms. The van der Waals surface area contributed by atoms with Gasteiger partial charge in [0.25, 0.3) is 0 Å². The summed E-state index contributed by atoms with van der Waals surface area (Å²) < 4.78 is 0. The minimum Gasteiger partial charge on any atom is -0.326 e. The van der Waals surface area contributed by atoms with Gasteiger partial charge < -0.3 is 10.6 Å². The summed E-state index contributed by atoms with van der Waals surface area (Å²) in [5, 5.41) is 3.81. The van der Waals surface area contributed by atoms with Crippen molar-refractivity contribution in [3.05, 3.63) is 10.4 Å². The lowest BCUT2D eigenvalue weighted by Crippen LogP contribution is -2.45. The Labute approximate surface area is 97.6 Å². The van der Waals surface area contributed by atoms with E-state index < -0.39 is 0 Å². The number of rotatable bonds is 6. The monoisotopic (exact) mass is 225 g/mol. The van der Waals surface area contributed by atoms with Crippen LogP contribution in [0.1, 0.15) is 39.0 Å². The zero-order chi connectivity index (χ0) is 11.8. The molecule has 1 saturated heterocycles. The van der Waals surface area contributed by atoms with Crippen molar-refractivity contribution in [2.24, 2.45) is 10.8 Å². The predicted molar refractivity (Wildman–Crippen MR) is 66.1 cm³/mol. The van der Waals surface area contributed by atoms with E-state index in [1.165, 1.54) is 19.3 Å². The fourth-order valence-electron chi connectivity index (χ4n) is 2.28. The minimum absolute atomic E-state index is 0.0195. The van der Waals surface area contributed by atoms with Crippen LogP contribution in [0.3, 0.4) is 0 Å². The van der Waals surface area contributed by atoms with Crippen molar-refractivity contribution in [2.75, 3.05) is 19.6 Å². The molecule has 1 heterocycles. The Kier molecular flexibility index (Phi) is 6.23. The minimum atomic E-state index is -0.0445. The fraction of sp³-hybridized carbons (Fsp3) is 1.00. The van der Waals surface area contributed by atoms with Gasteiger partial charge in [-0.3, -0.25) is 0 Å². The largest absolute Gasteiger partial charge is 0.326 e. The van der Waals surface area contributed by atoms with Crippen molar-refractivity contribution in [3.8, 4) is 0 Å². The molecule has 0 aliphatic carbocycles. The van der Waals surface area contributed by atoms with Crippen LogP contribution in [0, 0.1) is 0 Å². The second kappa shape index (κ2) is 7.49. The Morgan fingerprint density at radius 3 is 2.62 bits per heavy atom. The Morgan fingerprint density at radius 2 is 2.06 bits per heavy atom. The lowest BCUT2D eigenvalue weighted by Gasteiger charge is -2.30. The number of hydrogen-bond acceptors (Lipinski definition) is 3. The molecule has 0 spiro atoms. The van der Waals surface area contributed by atoms with Crippen LogP contribution < -0.4 is 5.73 Å². The average Bonchev–Trinajstić information content (AvgIpc) is 2.30. The molecule has 2 N–H and O–H groups in total. The van der Waals surface area contributed by atoms with Gasteiger partial charge in [0.05, 0.1) is 6.04 Å². The lowest BCUT2D eigenvalue weighted by molar-refractivity contribution is 0.206. The molecule has 16 heavy (non-hydrogen) atoms. The van der Waals surface area contributed by atoms with E-state index >= 15 is 0 Å². The molecular weight excluding hydrogens is 202 g/mol. The molecule has 1 rings (SSSR count). The molecule has 2 atom stereocenters.